The Hall–Kier alpha value is -0.120. The van der Waals surface area contributed by atoms with Gasteiger partial charge >= 0.3 is 0 Å². The van der Waals surface area contributed by atoms with E-state index in [4.69, 9.17) is 10.5 Å². The highest BCUT2D eigenvalue weighted by molar-refractivity contribution is 4.97. The molecule has 0 radical (unpaired) electrons. The summed E-state index contributed by atoms with van der Waals surface area (Å²) >= 11 is 0. The van der Waals surface area contributed by atoms with Crippen molar-refractivity contribution in [2.45, 2.75) is 44.8 Å². The predicted octanol–water partition coefficient (Wildman–Crippen LogP) is 1.22. The Kier molecular flexibility index (Phi) is 3.33. The first-order chi connectivity index (χ1) is 7.18. The summed E-state index contributed by atoms with van der Waals surface area (Å²) in [6, 6.07) is 0.667. The summed E-state index contributed by atoms with van der Waals surface area (Å²) in [4.78, 5) is 2.54. The average molecular weight is 212 g/mol. The van der Waals surface area contributed by atoms with Crippen molar-refractivity contribution in [3.63, 3.8) is 0 Å². The summed E-state index contributed by atoms with van der Waals surface area (Å²) in [6.45, 7) is 8.61. The van der Waals surface area contributed by atoms with Crippen molar-refractivity contribution in [1.82, 2.24) is 4.90 Å². The van der Waals surface area contributed by atoms with Crippen LogP contribution in [0.2, 0.25) is 0 Å². The molecule has 0 aromatic heterocycles. The lowest BCUT2D eigenvalue weighted by Crippen LogP contribution is -2.50. The number of ether oxygens (including phenoxy) is 1. The summed E-state index contributed by atoms with van der Waals surface area (Å²) in [5.41, 5.74) is 5.98. The van der Waals surface area contributed by atoms with Crippen LogP contribution >= 0.6 is 0 Å². The molecule has 3 nitrogen and oxygen atoms in total. The Bertz CT molecular complexity index is 210. The first-order valence-electron chi connectivity index (χ1n) is 6.26. The molecule has 15 heavy (non-hydrogen) atoms. The zero-order valence-corrected chi connectivity index (χ0v) is 10.0. The second-order valence-corrected chi connectivity index (χ2v) is 5.26. The van der Waals surface area contributed by atoms with Crippen LogP contribution in [-0.4, -0.2) is 42.8 Å². The van der Waals surface area contributed by atoms with Crippen molar-refractivity contribution in [2.75, 3.05) is 26.2 Å². The summed E-state index contributed by atoms with van der Waals surface area (Å²) in [7, 11) is 0. The van der Waals surface area contributed by atoms with E-state index in [-0.39, 0.29) is 5.60 Å². The predicted molar refractivity (Wildman–Crippen MR) is 61.8 cm³/mol. The lowest BCUT2D eigenvalue weighted by atomic mass is 9.79. The Labute approximate surface area is 93.0 Å². The maximum atomic E-state index is 6.01. The number of piperidine rings is 1. The van der Waals surface area contributed by atoms with Crippen LogP contribution in [0.3, 0.4) is 0 Å². The van der Waals surface area contributed by atoms with Crippen molar-refractivity contribution in [3.8, 4) is 0 Å². The smallest absolute Gasteiger partial charge is 0.0747 e. The first-order valence-corrected chi connectivity index (χ1v) is 6.26. The summed E-state index contributed by atoms with van der Waals surface area (Å²) in [5, 5.41) is 0. The number of rotatable bonds is 2. The maximum Gasteiger partial charge on any atom is 0.0747 e. The van der Waals surface area contributed by atoms with Gasteiger partial charge in [-0.3, -0.25) is 0 Å². The third-order valence-corrected chi connectivity index (χ3v) is 4.26. The molecule has 2 heterocycles. The first kappa shape index (κ1) is 11.4. The van der Waals surface area contributed by atoms with Gasteiger partial charge in [0.2, 0.25) is 0 Å². The highest BCUT2D eigenvalue weighted by Crippen LogP contribution is 2.40. The Morgan fingerprint density at radius 2 is 2.07 bits per heavy atom. The third kappa shape index (κ3) is 2.05. The monoisotopic (exact) mass is 212 g/mol. The molecular weight excluding hydrogens is 188 g/mol. The van der Waals surface area contributed by atoms with Crippen LogP contribution in [0.25, 0.3) is 0 Å². The molecule has 3 heteroatoms. The van der Waals surface area contributed by atoms with Crippen LogP contribution in [-0.2, 0) is 4.74 Å². The number of nitrogens with zero attached hydrogens (tertiary/aromatic N) is 1. The third-order valence-electron chi connectivity index (χ3n) is 4.26. The van der Waals surface area contributed by atoms with E-state index in [2.05, 4.69) is 18.7 Å². The van der Waals surface area contributed by atoms with Gasteiger partial charge in [0, 0.05) is 31.7 Å². The fourth-order valence-corrected chi connectivity index (χ4v) is 3.09. The normalized spacial score (nSPS) is 31.6. The molecule has 2 fully saturated rings. The Morgan fingerprint density at radius 3 is 2.60 bits per heavy atom. The van der Waals surface area contributed by atoms with Gasteiger partial charge in [-0.15, -0.1) is 0 Å². The standard InChI is InChI=1S/C12H24N2O/c1-10(2)14-6-4-12(5-7-14)11(9-13)3-8-15-12/h10-11H,3-9,13H2,1-2H3. The van der Waals surface area contributed by atoms with Gasteiger partial charge in [-0.2, -0.15) is 0 Å². The van der Waals surface area contributed by atoms with E-state index >= 15 is 0 Å². The van der Waals surface area contributed by atoms with E-state index in [1.807, 2.05) is 0 Å². The Balaban J connectivity index is 1.96. The molecule has 0 bridgehead atoms. The highest BCUT2D eigenvalue weighted by atomic mass is 16.5. The second-order valence-electron chi connectivity index (χ2n) is 5.26. The van der Waals surface area contributed by atoms with Crippen molar-refractivity contribution < 1.29 is 4.74 Å². The van der Waals surface area contributed by atoms with Crippen molar-refractivity contribution >= 4 is 0 Å². The molecule has 0 aromatic rings. The Morgan fingerprint density at radius 1 is 1.40 bits per heavy atom. The van der Waals surface area contributed by atoms with E-state index in [0.29, 0.717) is 12.0 Å². The van der Waals surface area contributed by atoms with Crippen molar-refractivity contribution in [2.24, 2.45) is 11.7 Å². The van der Waals surface area contributed by atoms with E-state index in [1.54, 1.807) is 0 Å². The molecule has 1 atom stereocenters. The molecule has 1 unspecified atom stereocenters. The molecule has 0 aromatic carbocycles. The van der Waals surface area contributed by atoms with E-state index in [9.17, 15) is 0 Å². The van der Waals surface area contributed by atoms with Crippen LogP contribution in [0.15, 0.2) is 0 Å². The molecule has 2 rings (SSSR count). The fourth-order valence-electron chi connectivity index (χ4n) is 3.09. The van der Waals surface area contributed by atoms with Crippen LogP contribution in [0.4, 0.5) is 0 Å². The van der Waals surface area contributed by atoms with Gasteiger partial charge in [-0.05, 0) is 39.7 Å². The van der Waals surface area contributed by atoms with Gasteiger partial charge in [0.15, 0.2) is 0 Å². The van der Waals surface area contributed by atoms with Gasteiger partial charge in [0.1, 0.15) is 0 Å². The number of nitrogens with two attached hydrogens (primary N) is 1. The van der Waals surface area contributed by atoms with Crippen molar-refractivity contribution in [3.05, 3.63) is 0 Å². The lowest BCUT2D eigenvalue weighted by Gasteiger charge is -2.43. The molecule has 0 saturated carbocycles. The molecule has 0 amide bonds. The minimum atomic E-state index is 0.139. The lowest BCUT2D eigenvalue weighted by molar-refractivity contribution is -0.0690. The second kappa shape index (κ2) is 4.40. The maximum absolute atomic E-state index is 6.01. The van der Waals surface area contributed by atoms with Crippen LogP contribution in [0.5, 0.6) is 0 Å². The number of likely N-dealkylation sites (tertiary alicyclic amines) is 1. The molecule has 2 aliphatic rings. The van der Waals surface area contributed by atoms with Crippen LogP contribution < -0.4 is 5.73 Å². The van der Waals surface area contributed by atoms with E-state index in [1.165, 1.54) is 25.9 Å². The molecule has 0 aliphatic carbocycles. The highest BCUT2D eigenvalue weighted by Gasteiger charge is 2.45. The zero-order valence-electron chi connectivity index (χ0n) is 10.0. The average Bonchev–Trinajstić information content (AvgIpc) is 2.61. The molecule has 2 saturated heterocycles. The number of hydrogen-bond donors (Lipinski definition) is 1. The van der Waals surface area contributed by atoms with Crippen molar-refractivity contribution in [1.29, 1.82) is 0 Å². The van der Waals surface area contributed by atoms with Gasteiger partial charge in [-0.25, -0.2) is 0 Å². The minimum Gasteiger partial charge on any atom is -0.375 e. The van der Waals surface area contributed by atoms with Crippen LogP contribution in [0.1, 0.15) is 33.1 Å². The summed E-state index contributed by atoms with van der Waals surface area (Å²) < 4.78 is 6.01. The van der Waals surface area contributed by atoms with Gasteiger partial charge in [0.05, 0.1) is 5.60 Å². The summed E-state index contributed by atoms with van der Waals surface area (Å²) in [5.74, 6) is 0.604. The van der Waals surface area contributed by atoms with Gasteiger partial charge < -0.3 is 15.4 Å². The molecule has 1 spiro atoms. The minimum absolute atomic E-state index is 0.139. The molecular formula is C12H24N2O. The van der Waals surface area contributed by atoms with Crippen LogP contribution in [0, 0.1) is 5.92 Å². The number of hydrogen-bond acceptors (Lipinski definition) is 3. The van der Waals surface area contributed by atoms with Gasteiger partial charge in [-0.1, -0.05) is 0 Å². The molecule has 2 aliphatic heterocycles. The summed E-state index contributed by atoms with van der Waals surface area (Å²) in [6.07, 6.45) is 3.51. The van der Waals surface area contributed by atoms with E-state index in [0.717, 1.165) is 19.6 Å². The van der Waals surface area contributed by atoms with Gasteiger partial charge in [0.25, 0.3) is 0 Å². The molecule has 88 valence electrons. The largest absolute Gasteiger partial charge is 0.375 e. The fraction of sp³-hybridized carbons (Fsp3) is 1.00. The van der Waals surface area contributed by atoms with E-state index < -0.39 is 0 Å². The SMILES string of the molecule is CC(C)N1CCC2(CC1)OCCC2CN. The zero-order chi connectivity index (χ0) is 10.9. The quantitative estimate of drug-likeness (QED) is 0.748. The topological polar surface area (TPSA) is 38.5 Å². The molecule has 2 N–H and O–H groups in total.